The molecule has 0 spiro atoms. The molecular weight excluding hydrogens is 449 g/mol. The van der Waals surface area contributed by atoms with Crippen LogP contribution >= 0.6 is 11.6 Å². The molecule has 1 unspecified atom stereocenters. The zero-order valence-electron chi connectivity index (χ0n) is 21.1. The van der Waals surface area contributed by atoms with Crippen LogP contribution in [0.2, 0.25) is 5.02 Å². The molecule has 3 rings (SSSR count). The van der Waals surface area contributed by atoms with E-state index >= 15 is 4.39 Å². The second-order valence-electron chi connectivity index (χ2n) is 11.4. The average molecular weight is 478 g/mol. The number of hydrogen-bond acceptors (Lipinski definition) is 4. The average Bonchev–Trinajstić information content (AvgIpc) is 2.73. The highest BCUT2D eigenvalue weighted by molar-refractivity contribution is 6.58. The summed E-state index contributed by atoms with van der Waals surface area (Å²) >= 11 is 5.86. The van der Waals surface area contributed by atoms with Crippen LogP contribution in [0.25, 0.3) is 0 Å². The van der Waals surface area contributed by atoms with Gasteiger partial charge in [-0.05, 0) is 47.3 Å². The Labute approximate surface area is 211 Å². The molecule has 5 nitrogen and oxygen atoms in total. The van der Waals surface area contributed by atoms with Crippen molar-refractivity contribution in [1.82, 2.24) is 20.2 Å². The van der Waals surface area contributed by atoms with Crippen molar-refractivity contribution in [1.29, 1.82) is 0 Å². The van der Waals surface area contributed by atoms with E-state index in [1.807, 2.05) is 43.8 Å². The van der Waals surface area contributed by atoms with Gasteiger partial charge in [0.2, 0.25) is 0 Å². The van der Waals surface area contributed by atoms with Gasteiger partial charge in [-0.25, -0.2) is 18.7 Å². The van der Waals surface area contributed by atoms with Crippen molar-refractivity contribution >= 4 is 72.4 Å². The van der Waals surface area contributed by atoms with Crippen molar-refractivity contribution in [2.75, 3.05) is 6.54 Å². The number of alkyl halides is 1. The van der Waals surface area contributed by atoms with Gasteiger partial charge in [0.05, 0.1) is 35.1 Å². The van der Waals surface area contributed by atoms with E-state index in [1.54, 1.807) is 4.90 Å². The summed E-state index contributed by atoms with van der Waals surface area (Å²) in [6.07, 6.45) is 3.94. The highest BCUT2D eigenvalue weighted by Gasteiger charge is 2.53. The standard InChI is InChI=1S/C19H28B7ClF2N4O/c20-17(21)9-16(29,3-4-33(17)15(34)10-1-2-13(28)12(27)5-10)19(25,26)32-8-14-30-6-11(7-31-14)18(22,23)24/h1-2,5-7,32H,3-4,8-9,20-26H2. The second kappa shape index (κ2) is 9.42. The maximum atomic E-state index is 16.4. The molecular formula is C19H28B7ClF2N4O. The quantitative estimate of drug-likeness (QED) is 0.430. The largest absolute Gasteiger partial charge is 0.349 e. The molecule has 2 heterocycles. The zero-order chi connectivity index (χ0) is 25.5. The number of rotatable bonds is 6. The second-order valence-corrected chi connectivity index (χ2v) is 11.8. The first-order valence-electron chi connectivity index (χ1n) is 11.6. The van der Waals surface area contributed by atoms with E-state index in [4.69, 9.17) is 11.6 Å². The van der Waals surface area contributed by atoms with Crippen LogP contribution in [-0.2, 0) is 11.7 Å². The molecule has 1 aliphatic heterocycles. The lowest BCUT2D eigenvalue weighted by molar-refractivity contribution is 0.0103. The summed E-state index contributed by atoms with van der Waals surface area (Å²) in [6.45, 7) is 0.569. The Morgan fingerprint density at radius 3 is 2.32 bits per heavy atom. The molecule has 0 saturated carbocycles. The van der Waals surface area contributed by atoms with Crippen LogP contribution in [0.15, 0.2) is 30.6 Å². The topological polar surface area (TPSA) is 58.1 Å². The van der Waals surface area contributed by atoms with Crippen LogP contribution in [0, 0.1) is 5.82 Å². The Morgan fingerprint density at radius 2 is 1.79 bits per heavy atom. The minimum absolute atomic E-state index is 0.0372. The molecule has 0 radical (unpaired) electrons. The highest BCUT2D eigenvalue weighted by atomic mass is 35.5. The van der Waals surface area contributed by atoms with Gasteiger partial charge in [-0.2, -0.15) is 0 Å². The van der Waals surface area contributed by atoms with Crippen molar-refractivity contribution in [2.24, 2.45) is 0 Å². The molecule has 2 aromatic rings. The van der Waals surface area contributed by atoms with Crippen LogP contribution < -0.4 is 5.32 Å². The predicted octanol–water partition coefficient (Wildman–Crippen LogP) is -4.15. The summed E-state index contributed by atoms with van der Waals surface area (Å²) in [7, 11) is 13.7. The normalized spacial score (nSPS) is 20.7. The first kappa shape index (κ1) is 26.9. The molecule has 15 heteroatoms. The van der Waals surface area contributed by atoms with Gasteiger partial charge >= 0.3 is 0 Å². The van der Waals surface area contributed by atoms with Gasteiger partial charge in [-0.15, -0.1) is 0 Å². The Bertz CT molecular complexity index is 1070. The number of halogens is 3. The van der Waals surface area contributed by atoms with Crippen molar-refractivity contribution < 1.29 is 13.6 Å². The molecule has 1 N–H and O–H groups in total. The van der Waals surface area contributed by atoms with E-state index in [0.29, 0.717) is 17.9 Å². The monoisotopic (exact) mass is 478 g/mol. The van der Waals surface area contributed by atoms with Gasteiger partial charge < -0.3 is 10.2 Å². The van der Waals surface area contributed by atoms with Crippen LogP contribution in [0.4, 0.5) is 8.78 Å². The van der Waals surface area contributed by atoms with E-state index in [9.17, 15) is 9.18 Å². The number of aromatic nitrogens is 2. The Hall–Kier alpha value is -1.67. The molecule has 0 aliphatic carbocycles. The number of likely N-dealkylation sites (tertiary alicyclic amines) is 1. The fourth-order valence-electron chi connectivity index (χ4n) is 4.45. The fraction of sp³-hybridized carbons (Fsp3) is 0.421. The third kappa shape index (κ3) is 5.59. The first-order valence-corrected chi connectivity index (χ1v) is 12.0. The van der Waals surface area contributed by atoms with Crippen molar-refractivity contribution in [3.63, 3.8) is 0 Å². The lowest BCUT2D eigenvalue weighted by atomic mass is 9.40. The third-order valence-electron chi connectivity index (χ3n) is 6.97. The summed E-state index contributed by atoms with van der Waals surface area (Å²) in [5.74, 6) is -0.263. The maximum absolute atomic E-state index is 16.4. The number of carbonyl (C=O) groups excluding carboxylic acids is 1. The lowest BCUT2D eigenvalue weighted by Gasteiger charge is -2.54. The highest BCUT2D eigenvalue weighted by Crippen LogP contribution is 2.40. The van der Waals surface area contributed by atoms with Crippen LogP contribution in [0.5, 0.6) is 0 Å². The molecule has 1 fully saturated rings. The Morgan fingerprint density at radius 1 is 1.18 bits per heavy atom. The molecule has 0 bridgehead atoms. The number of nitrogens with zero attached hydrogens (tertiary/aromatic N) is 3. The number of amides is 1. The summed E-state index contributed by atoms with van der Waals surface area (Å²) in [5.41, 5.74) is -0.239. The minimum atomic E-state index is -1.57. The van der Waals surface area contributed by atoms with Crippen LogP contribution in [0.1, 0.15) is 34.6 Å². The third-order valence-corrected chi connectivity index (χ3v) is 7.26. The summed E-state index contributed by atoms with van der Waals surface area (Å²) in [6, 6.07) is 3.91. The summed E-state index contributed by atoms with van der Waals surface area (Å²) < 4.78 is 29.9. The molecule has 34 heavy (non-hydrogen) atoms. The lowest BCUT2D eigenvalue weighted by Crippen LogP contribution is -2.70. The fourth-order valence-corrected chi connectivity index (χ4v) is 4.63. The number of nitrogens with one attached hydrogen (secondary N) is 1. The number of hydrogen-bond donors (Lipinski definition) is 1. The molecule has 1 aromatic heterocycles. The molecule has 1 aliphatic rings. The van der Waals surface area contributed by atoms with Gasteiger partial charge in [0.1, 0.15) is 48.7 Å². The predicted molar refractivity (Wildman–Crippen MR) is 151 cm³/mol. The van der Waals surface area contributed by atoms with E-state index in [1.165, 1.54) is 18.2 Å². The van der Waals surface area contributed by atoms with Crippen molar-refractivity contribution in [2.45, 2.75) is 40.8 Å². The van der Waals surface area contributed by atoms with Crippen LogP contribution in [0.3, 0.4) is 0 Å². The van der Waals surface area contributed by atoms with Gasteiger partial charge in [-0.3, -0.25) is 4.79 Å². The van der Waals surface area contributed by atoms with Gasteiger partial charge in [0.25, 0.3) is 5.91 Å². The van der Waals surface area contributed by atoms with Gasteiger partial charge in [0, 0.05) is 24.5 Å². The van der Waals surface area contributed by atoms with E-state index in [-0.39, 0.29) is 35.4 Å². The SMILES string of the molecule is BC(B)(B)c1cnc(CNC(B)(B)C2(F)CCN(C(=O)c3ccc(F)c(Cl)c3)C(B)(B)C2)nc1. The van der Waals surface area contributed by atoms with E-state index in [2.05, 4.69) is 38.8 Å². The van der Waals surface area contributed by atoms with E-state index < -0.39 is 22.2 Å². The number of piperidine rings is 1. The summed E-state index contributed by atoms with van der Waals surface area (Å²) in [4.78, 5) is 23.7. The molecule has 1 atom stereocenters. The maximum Gasteiger partial charge on any atom is 0.253 e. The van der Waals surface area contributed by atoms with Crippen molar-refractivity contribution in [3.05, 3.63) is 58.4 Å². The molecule has 1 saturated heterocycles. The van der Waals surface area contributed by atoms with Crippen molar-refractivity contribution in [3.8, 4) is 0 Å². The zero-order valence-corrected chi connectivity index (χ0v) is 21.9. The van der Waals surface area contributed by atoms with Gasteiger partial charge in [-0.1, -0.05) is 16.7 Å². The number of benzene rings is 1. The molecule has 1 amide bonds. The summed E-state index contributed by atoms with van der Waals surface area (Å²) in [5, 5.41) is 1.52. The smallest absolute Gasteiger partial charge is 0.253 e. The number of carbonyl (C=O) groups is 1. The first-order chi connectivity index (χ1) is 15.6. The van der Waals surface area contributed by atoms with Gasteiger partial charge in [0.15, 0.2) is 0 Å². The Kier molecular flexibility index (Phi) is 7.46. The Balaban J connectivity index is 1.71. The molecule has 172 valence electrons. The molecule has 1 aromatic carbocycles. The minimum Gasteiger partial charge on any atom is -0.349 e. The van der Waals surface area contributed by atoms with E-state index in [0.717, 1.165) is 5.56 Å². The van der Waals surface area contributed by atoms with Crippen LogP contribution in [-0.4, -0.2) is 98.6 Å².